The van der Waals surface area contributed by atoms with Crippen molar-refractivity contribution in [2.45, 2.75) is 25.8 Å². The molecule has 0 spiro atoms. The Bertz CT molecular complexity index is 349. The van der Waals surface area contributed by atoms with E-state index >= 15 is 0 Å². The number of alkyl halides is 1. The SMILES string of the molecule is CCOCc1cc(=O)[nH]c([C@H](C)Cl)n1. The fraction of sp³-hybridized carbons (Fsp3) is 0.556. The Balaban J connectivity index is 2.90. The van der Waals surface area contributed by atoms with Gasteiger partial charge in [0.1, 0.15) is 5.82 Å². The summed E-state index contributed by atoms with van der Waals surface area (Å²) in [5.74, 6) is 0.480. The number of halogens is 1. The van der Waals surface area contributed by atoms with Gasteiger partial charge in [-0.25, -0.2) is 4.98 Å². The van der Waals surface area contributed by atoms with Gasteiger partial charge in [0, 0.05) is 12.7 Å². The molecule has 1 aromatic rings. The van der Waals surface area contributed by atoms with Crippen LogP contribution in [0.1, 0.15) is 30.7 Å². The molecule has 14 heavy (non-hydrogen) atoms. The van der Waals surface area contributed by atoms with Crippen LogP contribution in [0.15, 0.2) is 10.9 Å². The zero-order valence-electron chi connectivity index (χ0n) is 8.21. The van der Waals surface area contributed by atoms with Gasteiger partial charge in [-0.2, -0.15) is 0 Å². The molecule has 0 aliphatic carbocycles. The second kappa shape index (κ2) is 5.12. The lowest BCUT2D eigenvalue weighted by Gasteiger charge is -2.05. The first-order valence-corrected chi connectivity index (χ1v) is 4.89. The summed E-state index contributed by atoms with van der Waals surface area (Å²) in [7, 11) is 0. The summed E-state index contributed by atoms with van der Waals surface area (Å²) in [4.78, 5) is 17.9. The molecule has 0 aliphatic heterocycles. The van der Waals surface area contributed by atoms with Crippen LogP contribution in [0.3, 0.4) is 0 Å². The van der Waals surface area contributed by atoms with Crippen LogP contribution >= 0.6 is 11.6 Å². The van der Waals surface area contributed by atoms with E-state index in [1.807, 2.05) is 6.92 Å². The average molecular weight is 217 g/mol. The summed E-state index contributed by atoms with van der Waals surface area (Å²) in [6, 6.07) is 1.42. The van der Waals surface area contributed by atoms with Gasteiger partial charge in [0.05, 0.1) is 17.7 Å². The van der Waals surface area contributed by atoms with E-state index in [0.717, 1.165) is 0 Å². The minimum absolute atomic E-state index is 0.197. The molecule has 0 fully saturated rings. The molecule has 0 amide bonds. The molecule has 1 rings (SSSR count). The highest BCUT2D eigenvalue weighted by Crippen LogP contribution is 2.13. The van der Waals surface area contributed by atoms with E-state index in [0.29, 0.717) is 24.7 Å². The van der Waals surface area contributed by atoms with Crippen LogP contribution in [0.5, 0.6) is 0 Å². The number of ether oxygens (including phenoxy) is 1. The van der Waals surface area contributed by atoms with E-state index < -0.39 is 0 Å². The standard InChI is InChI=1S/C9H13ClN2O2/c1-3-14-5-7-4-8(13)12-9(11-7)6(2)10/h4,6H,3,5H2,1-2H3,(H,11,12,13)/t6-/m0/s1. The van der Waals surface area contributed by atoms with Crippen molar-refractivity contribution in [1.29, 1.82) is 0 Å². The molecule has 0 unspecified atom stereocenters. The van der Waals surface area contributed by atoms with Crippen LogP contribution in [-0.4, -0.2) is 16.6 Å². The van der Waals surface area contributed by atoms with Crippen molar-refractivity contribution in [3.8, 4) is 0 Å². The number of hydrogen-bond acceptors (Lipinski definition) is 3. The molecule has 1 heterocycles. The molecule has 1 aromatic heterocycles. The lowest BCUT2D eigenvalue weighted by Crippen LogP contribution is -2.13. The third-order valence-corrected chi connectivity index (χ3v) is 1.85. The van der Waals surface area contributed by atoms with Crippen LogP contribution < -0.4 is 5.56 Å². The molecule has 0 aliphatic rings. The zero-order chi connectivity index (χ0) is 10.6. The first-order chi connectivity index (χ1) is 6.63. The Morgan fingerprint density at radius 3 is 3.00 bits per heavy atom. The minimum atomic E-state index is -0.302. The second-order valence-electron chi connectivity index (χ2n) is 2.88. The van der Waals surface area contributed by atoms with E-state index in [2.05, 4.69) is 9.97 Å². The van der Waals surface area contributed by atoms with Crippen molar-refractivity contribution in [1.82, 2.24) is 9.97 Å². The van der Waals surface area contributed by atoms with Crippen LogP contribution in [0.4, 0.5) is 0 Å². The van der Waals surface area contributed by atoms with Crippen LogP contribution in [0.25, 0.3) is 0 Å². The first kappa shape index (κ1) is 11.2. The third kappa shape index (κ3) is 3.12. The Hall–Kier alpha value is -0.870. The van der Waals surface area contributed by atoms with E-state index in [1.54, 1.807) is 6.92 Å². The average Bonchev–Trinajstić information content (AvgIpc) is 2.14. The maximum Gasteiger partial charge on any atom is 0.251 e. The molecular weight excluding hydrogens is 204 g/mol. The van der Waals surface area contributed by atoms with Gasteiger partial charge in [0.15, 0.2) is 0 Å². The lowest BCUT2D eigenvalue weighted by molar-refractivity contribution is 0.131. The maximum atomic E-state index is 11.2. The predicted octanol–water partition coefficient (Wildman–Crippen LogP) is 1.61. The lowest BCUT2D eigenvalue weighted by atomic mass is 10.3. The van der Waals surface area contributed by atoms with Crippen molar-refractivity contribution in [2.75, 3.05) is 6.61 Å². The topological polar surface area (TPSA) is 55.0 Å². The monoisotopic (exact) mass is 216 g/mol. The van der Waals surface area contributed by atoms with Gasteiger partial charge in [0.2, 0.25) is 0 Å². The second-order valence-corrected chi connectivity index (χ2v) is 3.53. The third-order valence-electron chi connectivity index (χ3n) is 1.64. The molecule has 0 radical (unpaired) electrons. The van der Waals surface area contributed by atoms with E-state index in [1.165, 1.54) is 6.07 Å². The van der Waals surface area contributed by atoms with Crippen molar-refractivity contribution in [3.63, 3.8) is 0 Å². The van der Waals surface area contributed by atoms with Gasteiger partial charge < -0.3 is 9.72 Å². The van der Waals surface area contributed by atoms with Crippen molar-refractivity contribution < 1.29 is 4.74 Å². The smallest absolute Gasteiger partial charge is 0.251 e. The highest BCUT2D eigenvalue weighted by molar-refractivity contribution is 6.20. The Morgan fingerprint density at radius 2 is 2.43 bits per heavy atom. The van der Waals surface area contributed by atoms with Gasteiger partial charge in [0.25, 0.3) is 5.56 Å². The molecule has 0 saturated carbocycles. The van der Waals surface area contributed by atoms with Crippen LogP contribution in [-0.2, 0) is 11.3 Å². The molecule has 0 saturated heterocycles. The number of aromatic amines is 1. The number of hydrogen-bond donors (Lipinski definition) is 1. The molecular formula is C9H13ClN2O2. The number of nitrogens with zero attached hydrogens (tertiary/aromatic N) is 1. The maximum absolute atomic E-state index is 11.2. The number of aromatic nitrogens is 2. The molecule has 0 aromatic carbocycles. The predicted molar refractivity (Wildman–Crippen MR) is 54.5 cm³/mol. The van der Waals surface area contributed by atoms with Crippen molar-refractivity contribution in [3.05, 3.63) is 27.9 Å². The Labute approximate surface area is 87.3 Å². The summed E-state index contributed by atoms with van der Waals surface area (Å²) in [5, 5.41) is -0.302. The summed E-state index contributed by atoms with van der Waals surface area (Å²) < 4.78 is 5.15. The summed E-state index contributed by atoms with van der Waals surface area (Å²) in [5.41, 5.74) is 0.412. The summed E-state index contributed by atoms with van der Waals surface area (Å²) >= 11 is 5.81. The van der Waals surface area contributed by atoms with E-state index in [-0.39, 0.29) is 10.9 Å². The van der Waals surface area contributed by atoms with Crippen LogP contribution in [0.2, 0.25) is 0 Å². The highest BCUT2D eigenvalue weighted by Gasteiger charge is 2.06. The highest BCUT2D eigenvalue weighted by atomic mass is 35.5. The normalized spacial score (nSPS) is 12.8. The number of rotatable bonds is 4. The van der Waals surface area contributed by atoms with Gasteiger partial charge >= 0.3 is 0 Å². The number of nitrogens with one attached hydrogen (secondary N) is 1. The van der Waals surface area contributed by atoms with Gasteiger partial charge in [-0.15, -0.1) is 11.6 Å². The Morgan fingerprint density at radius 1 is 1.71 bits per heavy atom. The largest absolute Gasteiger partial charge is 0.375 e. The van der Waals surface area contributed by atoms with Crippen LogP contribution in [0, 0.1) is 0 Å². The quantitative estimate of drug-likeness (QED) is 0.778. The zero-order valence-corrected chi connectivity index (χ0v) is 8.97. The van der Waals surface area contributed by atoms with Gasteiger partial charge in [-0.05, 0) is 13.8 Å². The minimum Gasteiger partial charge on any atom is -0.375 e. The fourth-order valence-electron chi connectivity index (χ4n) is 0.998. The van der Waals surface area contributed by atoms with Gasteiger partial charge in [-0.3, -0.25) is 4.79 Å². The summed E-state index contributed by atoms with van der Waals surface area (Å²) in [6.45, 7) is 4.58. The molecule has 0 bridgehead atoms. The van der Waals surface area contributed by atoms with E-state index in [9.17, 15) is 4.79 Å². The fourth-order valence-corrected chi connectivity index (χ4v) is 1.10. The molecule has 5 heteroatoms. The van der Waals surface area contributed by atoms with Crippen molar-refractivity contribution >= 4 is 11.6 Å². The summed E-state index contributed by atoms with van der Waals surface area (Å²) in [6.07, 6.45) is 0. The molecule has 4 nitrogen and oxygen atoms in total. The van der Waals surface area contributed by atoms with Crippen molar-refractivity contribution in [2.24, 2.45) is 0 Å². The molecule has 1 N–H and O–H groups in total. The van der Waals surface area contributed by atoms with E-state index in [4.69, 9.17) is 16.3 Å². The molecule has 1 atom stereocenters. The number of H-pyrrole nitrogens is 1. The first-order valence-electron chi connectivity index (χ1n) is 4.45. The Kier molecular flexibility index (Phi) is 4.10. The molecule has 78 valence electrons. The van der Waals surface area contributed by atoms with Gasteiger partial charge in [-0.1, -0.05) is 0 Å².